The Morgan fingerprint density at radius 3 is 2.43 bits per heavy atom. The first-order valence-corrected chi connectivity index (χ1v) is 7.05. The molecule has 0 aromatic heterocycles. The van der Waals surface area contributed by atoms with Crippen LogP contribution in [0.4, 0.5) is 14.5 Å². The Bertz CT molecular complexity index is 575. The monoisotopic (exact) mass is 363 g/mol. The first kappa shape index (κ1) is 17.4. The van der Waals surface area contributed by atoms with Crippen LogP contribution in [0.1, 0.15) is 26.7 Å². The number of carbonyl (C=O) groups is 1. The van der Waals surface area contributed by atoms with Gasteiger partial charge in [-0.15, -0.1) is 0 Å². The van der Waals surface area contributed by atoms with Crippen molar-refractivity contribution in [1.29, 1.82) is 0 Å². The summed E-state index contributed by atoms with van der Waals surface area (Å²) in [6.07, 6.45) is 0.518. The lowest BCUT2D eigenvalue weighted by atomic mass is 9.80. The lowest BCUT2D eigenvalue weighted by molar-refractivity contribution is -0.122. The van der Waals surface area contributed by atoms with Crippen molar-refractivity contribution in [2.45, 2.75) is 26.7 Å². The lowest BCUT2D eigenvalue weighted by Gasteiger charge is -2.28. The maximum absolute atomic E-state index is 13.7. The number of halogens is 3. The highest BCUT2D eigenvalue weighted by atomic mass is 79.9. The molecule has 1 amide bonds. The molecule has 0 saturated heterocycles. The Morgan fingerprint density at radius 2 is 1.95 bits per heavy atom. The number of oxime groups is 1. The van der Waals surface area contributed by atoms with E-state index in [9.17, 15) is 13.6 Å². The number of hydrogen-bond donors (Lipinski definition) is 3. The van der Waals surface area contributed by atoms with Crippen LogP contribution in [0.25, 0.3) is 0 Å². The Labute approximate surface area is 129 Å². The number of hydrogen-bond acceptors (Lipinski definition) is 3. The molecule has 0 bridgehead atoms. The van der Waals surface area contributed by atoms with E-state index in [1.165, 1.54) is 0 Å². The molecule has 8 heteroatoms. The summed E-state index contributed by atoms with van der Waals surface area (Å²) in [5.41, 5.74) is 4.14. The van der Waals surface area contributed by atoms with Gasteiger partial charge in [0.1, 0.15) is 17.0 Å². The van der Waals surface area contributed by atoms with E-state index in [4.69, 9.17) is 10.9 Å². The number of amidine groups is 1. The molecule has 0 spiro atoms. The standard InChI is InChI=1S/C13H16BrF2N3O2/c1-3-13(4-2,11(17)19-21)12(20)18-10-5-7(14)8(15)6-9(10)16/h5-6,21H,3-4H2,1-2H3,(H2,17,19)(H,18,20). The summed E-state index contributed by atoms with van der Waals surface area (Å²) in [6.45, 7) is 3.39. The van der Waals surface area contributed by atoms with Gasteiger partial charge in [0.15, 0.2) is 5.84 Å². The van der Waals surface area contributed by atoms with Crippen molar-refractivity contribution < 1.29 is 18.8 Å². The molecule has 116 valence electrons. The quantitative estimate of drug-likeness (QED) is 0.246. The predicted octanol–water partition coefficient (Wildman–Crippen LogP) is 3.22. The van der Waals surface area contributed by atoms with Gasteiger partial charge in [0.05, 0.1) is 10.2 Å². The van der Waals surface area contributed by atoms with E-state index in [0.29, 0.717) is 6.07 Å². The van der Waals surface area contributed by atoms with E-state index in [-0.39, 0.29) is 28.8 Å². The second kappa shape index (κ2) is 6.84. The number of rotatable bonds is 5. The Morgan fingerprint density at radius 1 is 1.38 bits per heavy atom. The van der Waals surface area contributed by atoms with Gasteiger partial charge >= 0.3 is 0 Å². The van der Waals surface area contributed by atoms with Crippen molar-refractivity contribution in [1.82, 2.24) is 0 Å². The third-order valence-electron chi connectivity index (χ3n) is 3.50. The van der Waals surface area contributed by atoms with Crippen molar-refractivity contribution in [2.24, 2.45) is 16.3 Å². The summed E-state index contributed by atoms with van der Waals surface area (Å²) in [4.78, 5) is 12.4. The zero-order valence-electron chi connectivity index (χ0n) is 11.6. The summed E-state index contributed by atoms with van der Waals surface area (Å²) in [7, 11) is 0. The molecular formula is C13H16BrF2N3O2. The van der Waals surface area contributed by atoms with Gasteiger partial charge in [-0.25, -0.2) is 8.78 Å². The zero-order valence-corrected chi connectivity index (χ0v) is 13.2. The molecule has 1 aromatic carbocycles. The molecule has 4 N–H and O–H groups in total. The molecule has 0 radical (unpaired) electrons. The van der Waals surface area contributed by atoms with Crippen LogP contribution in [0, 0.1) is 17.0 Å². The lowest BCUT2D eigenvalue weighted by Crippen LogP contribution is -2.46. The van der Waals surface area contributed by atoms with Crippen molar-refractivity contribution in [2.75, 3.05) is 5.32 Å². The minimum atomic E-state index is -1.26. The van der Waals surface area contributed by atoms with E-state index >= 15 is 0 Å². The van der Waals surface area contributed by atoms with Crippen molar-refractivity contribution in [3.05, 3.63) is 28.2 Å². The summed E-state index contributed by atoms with van der Waals surface area (Å²) >= 11 is 2.92. The number of nitrogens with two attached hydrogens (primary N) is 1. The second-order valence-electron chi connectivity index (χ2n) is 4.47. The molecule has 0 fully saturated rings. The average molecular weight is 364 g/mol. The number of amides is 1. The first-order chi connectivity index (χ1) is 9.82. The van der Waals surface area contributed by atoms with Gasteiger partial charge in [-0.1, -0.05) is 19.0 Å². The third-order valence-corrected chi connectivity index (χ3v) is 4.11. The van der Waals surface area contributed by atoms with E-state index in [1.807, 2.05) is 0 Å². The van der Waals surface area contributed by atoms with Gasteiger partial charge in [-0.05, 0) is 34.8 Å². The number of nitrogens with one attached hydrogen (secondary N) is 1. The van der Waals surface area contributed by atoms with Crippen LogP contribution in [0.3, 0.4) is 0 Å². The summed E-state index contributed by atoms with van der Waals surface area (Å²) < 4.78 is 26.9. The number of nitrogens with zero attached hydrogens (tertiary/aromatic N) is 1. The highest BCUT2D eigenvalue weighted by Crippen LogP contribution is 2.30. The normalized spacial score (nSPS) is 12.3. The molecule has 0 heterocycles. The summed E-state index contributed by atoms with van der Waals surface area (Å²) in [6, 6.07) is 1.77. The van der Waals surface area contributed by atoms with Crippen LogP contribution in [0.5, 0.6) is 0 Å². The Hall–Kier alpha value is -1.70. The van der Waals surface area contributed by atoms with E-state index in [0.717, 1.165) is 6.07 Å². The molecule has 0 atom stereocenters. The molecule has 21 heavy (non-hydrogen) atoms. The van der Waals surface area contributed by atoms with Gasteiger partial charge in [-0.2, -0.15) is 0 Å². The molecule has 5 nitrogen and oxygen atoms in total. The van der Waals surface area contributed by atoms with Crippen LogP contribution >= 0.6 is 15.9 Å². The van der Waals surface area contributed by atoms with Gasteiger partial charge in [0, 0.05) is 6.07 Å². The molecule has 1 aromatic rings. The minimum absolute atomic E-state index is 0.0154. The van der Waals surface area contributed by atoms with Gasteiger partial charge in [0.25, 0.3) is 0 Å². The Kier molecular flexibility index (Phi) is 5.65. The van der Waals surface area contributed by atoms with Crippen molar-refractivity contribution in [3.63, 3.8) is 0 Å². The number of anilines is 1. The maximum Gasteiger partial charge on any atom is 0.238 e. The van der Waals surface area contributed by atoms with Crippen LogP contribution in [0.2, 0.25) is 0 Å². The van der Waals surface area contributed by atoms with Crippen LogP contribution in [0.15, 0.2) is 21.8 Å². The highest BCUT2D eigenvalue weighted by molar-refractivity contribution is 9.10. The fourth-order valence-electron chi connectivity index (χ4n) is 2.01. The molecular weight excluding hydrogens is 348 g/mol. The fourth-order valence-corrected chi connectivity index (χ4v) is 2.35. The smallest absolute Gasteiger partial charge is 0.238 e. The minimum Gasteiger partial charge on any atom is -0.409 e. The fraction of sp³-hybridized carbons (Fsp3) is 0.385. The van der Waals surface area contributed by atoms with Crippen LogP contribution < -0.4 is 11.1 Å². The van der Waals surface area contributed by atoms with Crippen LogP contribution in [-0.2, 0) is 4.79 Å². The largest absolute Gasteiger partial charge is 0.409 e. The van der Waals surface area contributed by atoms with Crippen LogP contribution in [-0.4, -0.2) is 17.0 Å². The molecule has 0 aliphatic rings. The van der Waals surface area contributed by atoms with Gasteiger partial charge < -0.3 is 16.3 Å². The maximum atomic E-state index is 13.7. The van der Waals surface area contributed by atoms with E-state index in [1.54, 1.807) is 13.8 Å². The van der Waals surface area contributed by atoms with E-state index in [2.05, 4.69) is 26.4 Å². The highest BCUT2D eigenvalue weighted by Gasteiger charge is 2.40. The van der Waals surface area contributed by atoms with Crippen molar-refractivity contribution in [3.8, 4) is 0 Å². The first-order valence-electron chi connectivity index (χ1n) is 6.26. The number of benzene rings is 1. The molecule has 0 saturated carbocycles. The number of carbonyl (C=O) groups excluding carboxylic acids is 1. The SMILES string of the molecule is CCC(CC)(C(=O)Nc1cc(Br)c(F)cc1F)/C(N)=N/O. The predicted molar refractivity (Wildman–Crippen MR) is 79.1 cm³/mol. The molecule has 1 rings (SSSR count). The average Bonchev–Trinajstić information content (AvgIpc) is 2.46. The third kappa shape index (κ3) is 3.31. The van der Waals surface area contributed by atoms with E-state index < -0.39 is 23.0 Å². The topological polar surface area (TPSA) is 87.7 Å². The van der Waals surface area contributed by atoms with Gasteiger partial charge in [-0.3, -0.25) is 4.79 Å². The molecule has 0 unspecified atom stereocenters. The molecule has 0 aliphatic carbocycles. The molecule has 0 aliphatic heterocycles. The Balaban J connectivity index is 3.17. The summed E-state index contributed by atoms with van der Waals surface area (Å²) in [5.74, 6) is -2.57. The van der Waals surface area contributed by atoms with Gasteiger partial charge in [0.2, 0.25) is 5.91 Å². The zero-order chi connectivity index (χ0) is 16.2. The van der Waals surface area contributed by atoms with Crippen molar-refractivity contribution >= 4 is 33.4 Å². The summed E-state index contributed by atoms with van der Waals surface area (Å²) in [5, 5.41) is 14.1. The second-order valence-corrected chi connectivity index (χ2v) is 5.33.